The first-order valence-corrected chi connectivity index (χ1v) is 12.5. The zero-order chi connectivity index (χ0) is 25.3. The van der Waals surface area contributed by atoms with Crippen molar-refractivity contribution >= 4 is 15.9 Å². The van der Waals surface area contributed by atoms with Gasteiger partial charge in [-0.25, -0.2) is 17.1 Å². The summed E-state index contributed by atoms with van der Waals surface area (Å²) in [5.74, 6) is -0.150. The lowest BCUT2D eigenvalue weighted by Crippen LogP contribution is -2.40. The minimum Gasteiger partial charge on any atom is -0.493 e. The van der Waals surface area contributed by atoms with Crippen LogP contribution >= 0.6 is 0 Å². The highest BCUT2D eigenvalue weighted by molar-refractivity contribution is 7.89. The molecule has 9 heteroatoms. The van der Waals surface area contributed by atoms with Crippen LogP contribution in [-0.4, -0.2) is 58.4 Å². The molecule has 0 fully saturated rings. The summed E-state index contributed by atoms with van der Waals surface area (Å²) in [4.78, 5) is 14.9. The second kappa shape index (κ2) is 9.67. The highest BCUT2D eigenvalue weighted by Gasteiger charge is 2.34. The van der Waals surface area contributed by atoms with Gasteiger partial charge in [-0.2, -0.15) is 0 Å². The Morgan fingerprint density at radius 2 is 1.66 bits per heavy atom. The number of amides is 1. The molecule has 0 aromatic heterocycles. The maximum atomic E-state index is 14.5. The molecule has 3 aromatic carbocycles. The number of hydrogen-bond acceptors (Lipinski definition) is 5. The number of hydrogen-bond donors (Lipinski definition) is 0. The van der Waals surface area contributed by atoms with Crippen LogP contribution in [-0.2, 0) is 16.4 Å². The molecule has 184 valence electrons. The number of carbonyl (C=O) groups is 1. The van der Waals surface area contributed by atoms with E-state index in [-0.39, 0.29) is 5.56 Å². The first kappa shape index (κ1) is 24.7. The number of methoxy groups -OCH3 is 2. The number of benzene rings is 3. The summed E-state index contributed by atoms with van der Waals surface area (Å²) in [6.45, 7) is 0.383. The smallest absolute Gasteiger partial charge is 0.254 e. The van der Waals surface area contributed by atoms with Crippen molar-refractivity contribution in [3.63, 3.8) is 0 Å². The fourth-order valence-electron chi connectivity index (χ4n) is 4.36. The van der Waals surface area contributed by atoms with Crippen LogP contribution in [0.5, 0.6) is 11.5 Å². The summed E-state index contributed by atoms with van der Waals surface area (Å²) in [5, 5.41) is 0. The molecule has 1 heterocycles. The van der Waals surface area contributed by atoms with Gasteiger partial charge in [0.1, 0.15) is 10.7 Å². The van der Waals surface area contributed by atoms with E-state index in [1.807, 2.05) is 42.5 Å². The summed E-state index contributed by atoms with van der Waals surface area (Å²) < 4.78 is 51.6. The number of ether oxygens (including phenoxy) is 2. The van der Waals surface area contributed by atoms with Gasteiger partial charge in [-0.15, -0.1) is 0 Å². The van der Waals surface area contributed by atoms with E-state index in [9.17, 15) is 17.6 Å². The zero-order valence-corrected chi connectivity index (χ0v) is 20.8. The molecule has 0 bridgehead atoms. The van der Waals surface area contributed by atoms with E-state index in [0.717, 1.165) is 33.1 Å². The molecular weight excluding hydrogens is 471 g/mol. The normalized spacial score (nSPS) is 15.6. The van der Waals surface area contributed by atoms with Crippen molar-refractivity contribution in [2.24, 2.45) is 0 Å². The van der Waals surface area contributed by atoms with Crippen LogP contribution < -0.4 is 9.47 Å². The topological polar surface area (TPSA) is 76.1 Å². The average molecular weight is 499 g/mol. The Kier molecular flexibility index (Phi) is 6.82. The Morgan fingerprint density at radius 1 is 1.00 bits per heavy atom. The van der Waals surface area contributed by atoms with Gasteiger partial charge in [0, 0.05) is 26.2 Å². The molecule has 35 heavy (non-hydrogen) atoms. The van der Waals surface area contributed by atoms with E-state index in [4.69, 9.17) is 9.47 Å². The van der Waals surface area contributed by atoms with E-state index in [0.29, 0.717) is 24.5 Å². The summed E-state index contributed by atoms with van der Waals surface area (Å²) >= 11 is 0. The molecule has 7 nitrogen and oxygen atoms in total. The van der Waals surface area contributed by atoms with E-state index in [1.54, 1.807) is 19.1 Å². The molecule has 1 amide bonds. The van der Waals surface area contributed by atoms with Crippen LogP contribution in [0.1, 0.15) is 33.1 Å². The number of carbonyl (C=O) groups excluding carboxylic acids is 1. The van der Waals surface area contributed by atoms with Crippen molar-refractivity contribution in [2.45, 2.75) is 17.4 Å². The minimum absolute atomic E-state index is 0.0942. The monoisotopic (exact) mass is 498 g/mol. The highest BCUT2D eigenvalue weighted by Crippen LogP contribution is 2.41. The van der Waals surface area contributed by atoms with Crippen molar-refractivity contribution in [2.75, 3.05) is 34.9 Å². The number of nitrogens with zero attached hydrogens (tertiary/aromatic N) is 2. The lowest BCUT2D eigenvalue weighted by Gasteiger charge is -2.38. The van der Waals surface area contributed by atoms with Gasteiger partial charge in [0.05, 0.1) is 20.3 Å². The molecule has 0 N–H and O–H groups in total. The van der Waals surface area contributed by atoms with Crippen molar-refractivity contribution in [1.29, 1.82) is 0 Å². The second-order valence-corrected chi connectivity index (χ2v) is 10.5. The van der Waals surface area contributed by atoms with Crippen molar-refractivity contribution in [3.8, 4) is 11.5 Å². The van der Waals surface area contributed by atoms with Gasteiger partial charge in [0.2, 0.25) is 10.0 Å². The standard InChI is InChI=1S/C26H27FN2O5S/c1-28(2)35(31,32)24-15-19(10-11-21(24)27)26(30)29-13-12-18-14-22(33-3)23(34-4)16-20(18)25(29)17-8-6-5-7-9-17/h5-11,14-16,25H,12-13H2,1-4H3. The van der Waals surface area contributed by atoms with Gasteiger partial charge in [0.15, 0.2) is 11.5 Å². The third kappa shape index (κ3) is 4.49. The third-order valence-corrected chi connectivity index (χ3v) is 8.02. The molecule has 1 unspecified atom stereocenters. The average Bonchev–Trinajstić information content (AvgIpc) is 2.87. The molecular formula is C26H27FN2O5S. The first-order valence-electron chi connectivity index (χ1n) is 11.0. The number of sulfonamides is 1. The van der Waals surface area contributed by atoms with Crippen LogP contribution in [0.4, 0.5) is 4.39 Å². The van der Waals surface area contributed by atoms with E-state index in [1.165, 1.54) is 20.2 Å². The molecule has 0 spiro atoms. The van der Waals surface area contributed by atoms with Crippen molar-refractivity contribution in [3.05, 3.63) is 88.7 Å². The van der Waals surface area contributed by atoms with Gasteiger partial charge in [-0.3, -0.25) is 4.79 Å². The number of fused-ring (bicyclic) bond motifs is 1. The summed E-state index contributed by atoms with van der Waals surface area (Å²) in [7, 11) is 1.70. The quantitative estimate of drug-likeness (QED) is 0.516. The summed E-state index contributed by atoms with van der Waals surface area (Å²) in [5.41, 5.74) is 2.89. The van der Waals surface area contributed by atoms with Crippen LogP contribution in [0.3, 0.4) is 0 Å². The summed E-state index contributed by atoms with van der Waals surface area (Å²) in [6.07, 6.45) is 0.564. The Morgan fingerprint density at radius 3 is 2.29 bits per heavy atom. The third-order valence-electron chi connectivity index (χ3n) is 6.19. The number of rotatable bonds is 6. The lowest BCUT2D eigenvalue weighted by atomic mass is 9.87. The molecule has 0 saturated carbocycles. The van der Waals surface area contributed by atoms with Gasteiger partial charge >= 0.3 is 0 Å². The molecule has 0 radical (unpaired) electrons. The molecule has 1 aliphatic heterocycles. The van der Waals surface area contributed by atoms with Crippen LogP contribution in [0.15, 0.2) is 65.6 Å². The lowest BCUT2D eigenvalue weighted by molar-refractivity contribution is 0.0694. The van der Waals surface area contributed by atoms with E-state index < -0.39 is 32.7 Å². The maximum absolute atomic E-state index is 14.5. The molecule has 1 aliphatic rings. The van der Waals surface area contributed by atoms with Crippen LogP contribution in [0.25, 0.3) is 0 Å². The first-order chi connectivity index (χ1) is 16.7. The number of halogens is 1. The Hall–Kier alpha value is -3.43. The predicted molar refractivity (Wildman–Crippen MR) is 130 cm³/mol. The van der Waals surface area contributed by atoms with Gasteiger partial charge in [0.25, 0.3) is 5.91 Å². The highest BCUT2D eigenvalue weighted by atomic mass is 32.2. The maximum Gasteiger partial charge on any atom is 0.254 e. The van der Waals surface area contributed by atoms with Gasteiger partial charge in [-0.1, -0.05) is 30.3 Å². The van der Waals surface area contributed by atoms with Crippen LogP contribution in [0.2, 0.25) is 0 Å². The van der Waals surface area contributed by atoms with Crippen molar-refractivity contribution in [1.82, 2.24) is 9.21 Å². The Labute approximate surface area is 204 Å². The predicted octanol–water partition coefficient (Wildman–Crippen LogP) is 3.88. The molecule has 3 aromatic rings. The minimum atomic E-state index is -4.07. The SMILES string of the molecule is COc1cc2c(cc1OC)C(c1ccccc1)N(C(=O)c1ccc(F)c(S(=O)(=O)N(C)C)c1)CC2. The van der Waals surface area contributed by atoms with Gasteiger partial charge < -0.3 is 14.4 Å². The van der Waals surface area contributed by atoms with Gasteiger partial charge in [-0.05, 0) is 53.4 Å². The summed E-state index contributed by atoms with van der Waals surface area (Å²) in [6, 6.07) is 16.3. The second-order valence-electron chi connectivity index (χ2n) is 8.40. The fourth-order valence-corrected chi connectivity index (χ4v) is 5.34. The molecule has 0 aliphatic carbocycles. The molecule has 0 saturated heterocycles. The largest absolute Gasteiger partial charge is 0.493 e. The Balaban J connectivity index is 1.84. The van der Waals surface area contributed by atoms with E-state index >= 15 is 0 Å². The fraction of sp³-hybridized carbons (Fsp3) is 0.269. The molecule has 4 rings (SSSR count). The van der Waals surface area contributed by atoms with Crippen LogP contribution in [0, 0.1) is 5.82 Å². The zero-order valence-electron chi connectivity index (χ0n) is 20.0. The molecule has 1 atom stereocenters. The Bertz CT molecular complexity index is 1360. The van der Waals surface area contributed by atoms with E-state index in [2.05, 4.69) is 0 Å². The van der Waals surface area contributed by atoms with Crippen molar-refractivity contribution < 1.29 is 27.1 Å².